The van der Waals surface area contributed by atoms with Crippen molar-refractivity contribution in [1.29, 1.82) is 0 Å². The molecule has 0 amide bonds. The Kier molecular flexibility index (Phi) is 4.36. The molecule has 1 atom stereocenters. The Morgan fingerprint density at radius 1 is 1.40 bits per heavy atom. The van der Waals surface area contributed by atoms with Gasteiger partial charge in [-0.1, -0.05) is 0 Å². The number of nitrogens with one attached hydrogen (secondary N) is 3. The lowest BCUT2D eigenvalue weighted by Gasteiger charge is -2.16. The van der Waals surface area contributed by atoms with E-state index in [0.717, 1.165) is 0 Å². The minimum Gasteiger partial charge on any atom is -0.395 e. The van der Waals surface area contributed by atoms with Gasteiger partial charge in [0.05, 0.1) is 24.6 Å². The molecular formula is C10H15N4O5P. The van der Waals surface area contributed by atoms with E-state index in [1.807, 2.05) is 0 Å². The van der Waals surface area contributed by atoms with E-state index in [2.05, 4.69) is 20.3 Å². The average molecular weight is 302 g/mol. The molecule has 6 N–H and O–H groups in total. The van der Waals surface area contributed by atoms with E-state index in [-0.39, 0.29) is 12.1 Å². The second kappa shape index (κ2) is 5.86. The van der Waals surface area contributed by atoms with Crippen molar-refractivity contribution >= 4 is 18.6 Å². The molecule has 0 radical (unpaired) electrons. The van der Waals surface area contributed by atoms with E-state index < -0.39 is 26.4 Å². The summed E-state index contributed by atoms with van der Waals surface area (Å²) < 4.78 is 10.9. The highest BCUT2D eigenvalue weighted by Crippen LogP contribution is 2.34. The first-order valence-corrected chi connectivity index (χ1v) is 7.63. The zero-order chi connectivity index (χ0) is 14.8. The minimum atomic E-state index is -4.20. The van der Waals surface area contributed by atoms with Gasteiger partial charge in [-0.15, -0.1) is 0 Å². The van der Waals surface area contributed by atoms with Crippen molar-refractivity contribution in [3.63, 3.8) is 0 Å². The third kappa shape index (κ3) is 3.53. The predicted octanol–water partition coefficient (Wildman–Crippen LogP) is -1.12. The number of aromatic amines is 2. The number of H-pyrrole nitrogens is 2. The van der Waals surface area contributed by atoms with Crippen LogP contribution in [-0.4, -0.2) is 48.7 Å². The van der Waals surface area contributed by atoms with Crippen LogP contribution in [0.5, 0.6) is 0 Å². The molecule has 2 heterocycles. The normalized spacial score (nSPS) is 13.8. The number of fused-ring (bicyclic) bond motifs is 1. The van der Waals surface area contributed by atoms with Gasteiger partial charge in [-0.3, -0.25) is 9.36 Å². The van der Waals surface area contributed by atoms with Gasteiger partial charge in [0.2, 0.25) is 0 Å². The minimum absolute atomic E-state index is 0.224. The fourth-order valence-electron chi connectivity index (χ4n) is 1.87. The summed E-state index contributed by atoms with van der Waals surface area (Å²) in [5, 5.41) is 11.9. The van der Waals surface area contributed by atoms with Crippen LogP contribution in [0.25, 0.3) is 11.0 Å². The van der Waals surface area contributed by atoms with Crippen LogP contribution in [0.4, 0.5) is 0 Å². The standard InChI is InChI=1S/C10H15N4O5P/c15-3-7(4-20(17,18)19)11-1-6-2-12-9-8(6)13-5-14-10(9)16/h2,5,7,11-12,15H,1,3-4H2,(H,13,14,16)(H2,17,18,19)/t7-/m1/s1. The summed E-state index contributed by atoms with van der Waals surface area (Å²) in [6.45, 7) is -0.177. The Balaban J connectivity index is 2.11. The molecule has 2 rings (SSSR count). The molecule has 0 bridgehead atoms. The topological polar surface area (TPSA) is 151 Å². The monoisotopic (exact) mass is 302 g/mol. The molecule has 0 aliphatic rings. The summed E-state index contributed by atoms with van der Waals surface area (Å²) in [6.07, 6.45) is 2.41. The van der Waals surface area contributed by atoms with Crippen LogP contribution in [0, 0.1) is 0 Å². The second-order valence-electron chi connectivity index (χ2n) is 4.38. The van der Waals surface area contributed by atoms with E-state index in [0.29, 0.717) is 16.6 Å². The number of hydrogen-bond acceptors (Lipinski definition) is 5. The fourth-order valence-corrected chi connectivity index (χ4v) is 2.69. The third-order valence-corrected chi connectivity index (χ3v) is 3.72. The van der Waals surface area contributed by atoms with Gasteiger partial charge in [0, 0.05) is 24.3 Å². The van der Waals surface area contributed by atoms with Crippen LogP contribution in [0.1, 0.15) is 5.56 Å². The lowest BCUT2D eigenvalue weighted by Crippen LogP contribution is -2.35. The Labute approximate surface area is 113 Å². The quantitative estimate of drug-likeness (QED) is 0.370. The van der Waals surface area contributed by atoms with Gasteiger partial charge in [-0.25, -0.2) is 4.98 Å². The molecular weight excluding hydrogens is 287 g/mol. The van der Waals surface area contributed by atoms with Crippen LogP contribution in [0.2, 0.25) is 0 Å². The molecule has 0 aromatic carbocycles. The first kappa shape index (κ1) is 14.9. The summed E-state index contributed by atoms with van der Waals surface area (Å²) in [4.78, 5) is 38.5. The summed E-state index contributed by atoms with van der Waals surface area (Å²) in [5.41, 5.74) is 1.19. The molecule has 0 saturated carbocycles. The zero-order valence-corrected chi connectivity index (χ0v) is 11.3. The number of hydrogen-bond donors (Lipinski definition) is 6. The van der Waals surface area contributed by atoms with E-state index in [9.17, 15) is 9.36 Å². The molecule has 0 saturated heterocycles. The van der Waals surface area contributed by atoms with Gasteiger partial charge in [-0.2, -0.15) is 0 Å². The summed E-state index contributed by atoms with van der Waals surface area (Å²) in [7, 11) is -4.20. The molecule has 0 unspecified atom stereocenters. The van der Waals surface area contributed by atoms with Crippen molar-refractivity contribution in [3.8, 4) is 0 Å². The van der Waals surface area contributed by atoms with Gasteiger partial charge >= 0.3 is 7.60 Å². The highest BCUT2D eigenvalue weighted by Gasteiger charge is 2.21. The van der Waals surface area contributed by atoms with Crippen LogP contribution in [0.3, 0.4) is 0 Å². The summed E-state index contributed by atoms with van der Waals surface area (Å²) in [6, 6.07) is -0.734. The summed E-state index contributed by atoms with van der Waals surface area (Å²) in [5.74, 6) is 0. The SMILES string of the molecule is O=c1[nH]cnc2c(CN[C@H](CO)CP(=O)(O)O)c[nH]c12. The molecule has 9 nitrogen and oxygen atoms in total. The maximum absolute atomic E-state index is 11.5. The number of aliphatic hydroxyl groups is 1. The van der Waals surface area contributed by atoms with Crippen molar-refractivity contribution in [2.24, 2.45) is 0 Å². The van der Waals surface area contributed by atoms with E-state index >= 15 is 0 Å². The lowest BCUT2D eigenvalue weighted by atomic mass is 10.2. The van der Waals surface area contributed by atoms with Crippen molar-refractivity contribution in [2.75, 3.05) is 12.8 Å². The number of aliphatic hydroxyl groups excluding tert-OH is 1. The first-order valence-electron chi connectivity index (χ1n) is 5.83. The highest BCUT2D eigenvalue weighted by molar-refractivity contribution is 7.51. The van der Waals surface area contributed by atoms with Crippen LogP contribution < -0.4 is 10.9 Å². The van der Waals surface area contributed by atoms with Gasteiger partial charge < -0.3 is 30.2 Å². The number of aromatic nitrogens is 3. The Bertz CT molecular complexity index is 690. The van der Waals surface area contributed by atoms with Gasteiger partial charge in [0.15, 0.2) is 0 Å². The van der Waals surface area contributed by atoms with Gasteiger partial charge in [0.25, 0.3) is 5.56 Å². The van der Waals surface area contributed by atoms with Gasteiger partial charge in [0.1, 0.15) is 5.52 Å². The van der Waals surface area contributed by atoms with Crippen LogP contribution >= 0.6 is 7.60 Å². The molecule has 2 aromatic rings. The molecule has 20 heavy (non-hydrogen) atoms. The third-order valence-electron chi connectivity index (χ3n) is 2.81. The summed E-state index contributed by atoms with van der Waals surface area (Å²) >= 11 is 0. The Hall–Kier alpha value is -1.51. The molecule has 10 heteroatoms. The van der Waals surface area contributed by atoms with Crippen LogP contribution in [-0.2, 0) is 11.1 Å². The van der Waals surface area contributed by atoms with E-state index in [1.54, 1.807) is 6.20 Å². The Morgan fingerprint density at radius 3 is 2.80 bits per heavy atom. The molecule has 2 aromatic heterocycles. The maximum atomic E-state index is 11.5. The maximum Gasteiger partial charge on any atom is 0.327 e. The first-order chi connectivity index (χ1) is 9.40. The van der Waals surface area contributed by atoms with Crippen molar-refractivity contribution in [3.05, 3.63) is 28.4 Å². The molecule has 0 aliphatic heterocycles. The molecule has 0 fully saturated rings. The van der Waals surface area contributed by atoms with Crippen molar-refractivity contribution in [2.45, 2.75) is 12.6 Å². The number of nitrogens with zero attached hydrogens (tertiary/aromatic N) is 1. The zero-order valence-electron chi connectivity index (χ0n) is 10.4. The van der Waals surface area contributed by atoms with Crippen LogP contribution in [0.15, 0.2) is 17.3 Å². The fraction of sp³-hybridized carbons (Fsp3) is 0.400. The van der Waals surface area contributed by atoms with Gasteiger partial charge in [-0.05, 0) is 0 Å². The average Bonchev–Trinajstić information content (AvgIpc) is 2.78. The van der Waals surface area contributed by atoms with Crippen molar-refractivity contribution < 1.29 is 19.5 Å². The van der Waals surface area contributed by atoms with Crippen molar-refractivity contribution in [1.82, 2.24) is 20.3 Å². The second-order valence-corrected chi connectivity index (χ2v) is 6.07. The highest BCUT2D eigenvalue weighted by atomic mass is 31.2. The predicted molar refractivity (Wildman–Crippen MR) is 71.3 cm³/mol. The lowest BCUT2D eigenvalue weighted by molar-refractivity contribution is 0.245. The number of rotatable bonds is 6. The van der Waals surface area contributed by atoms with E-state index in [1.165, 1.54) is 6.33 Å². The van der Waals surface area contributed by atoms with E-state index in [4.69, 9.17) is 14.9 Å². The smallest absolute Gasteiger partial charge is 0.327 e. The molecule has 0 aliphatic carbocycles. The molecule has 0 spiro atoms. The molecule has 110 valence electrons. The largest absolute Gasteiger partial charge is 0.395 e. The Morgan fingerprint density at radius 2 is 2.15 bits per heavy atom.